The number of benzene rings is 2. The highest BCUT2D eigenvalue weighted by atomic mass is 35.5. The molecule has 1 N–H and O–H groups in total. The van der Waals surface area contributed by atoms with E-state index in [2.05, 4.69) is 11.0 Å². The molecule has 1 unspecified atom stereocenters. The Morgan fingerprint density at radius 2 is 2.07 bits per heavy atom. The number of hydrogen-bond donors (Lipinski definition) is 1. The first kappa shape index (κ1) is 18.4. The maximum atomic E-state index is 13.7. The second kappa shape index (κ2) is 7.93. The number of aliphatic hydroxyl groups is 1. The molecule has 0 radical (unpaired) electrons. The Bertz CT molecular complexity index is 962. The van der Waals surface area contributed by atoms with Crippen molar-refractivity contribution in [2.45, 2.75) is 19.4 Å². The monoisotopic (exact) mass is 384 g/mol. The fourth-order valence-electron chi connectivity index (χ4n) is 3.88. The highest BCUT2D eigenvalue weighted by Gasteiger charge is 2.21. The number of nitrogens with zero attached hydrogens (tertiary/aromatic N) is 2. The molecule has 1 atom stereocenters. The summed E-state index contributed by atoms with van der Waals surface area (Å²) in [5.74, 6) is 0.0393. The van der Waals surface area contributed by atoms with Crippen LogP contribution in [0.2, 0.25) is 5.02 Å². The molecule has 2 aromatic carbocycles. The fraction of sp³-hybridized carbons (Fsp3) is 0.318. The molecule has 5 heteroatoms. The Kier molecular flexibility index (Phi) is 5.39. The molecule has 0 aliphatic carbocycles. The number of hydrogen-bond acceptors (Lipinski definition) is 3. The Balaban J connectivity index is 1.77. The van der Waals surface area contributed by atoms with Gasteiger partial charge in [0.05, 0.1) is 11.2 Å². The lowest BCUT2D eigenvalue weighted by atomic mass is 9.97. The number of aliphatic hydroxyl groups excluding tert-OH is 1. The van der Waals surface area contributed by atoms with E-state index in [4.69, 9.17) is 16.6 Å². The predicted octanol–water partition coefficient (Wildman–Crippen LogP) is 4.90. The largest absolute Gasteiger partial charge is 0.396 e. The summed E-state index contributed by atoms with van der Waals surface area (Å²) in [4.78, 5) is 7.14. The van der Waals surface area contributed by atoms with Crippen LogP contribution in [-0.2, 0) is 6.54 Å². The third-order valence-electron chi connectivity index (χ3n) is 5.21. The van der Waals surface area contributed by atoms with Crippen LogP contribution in [0.25, 0.3) is 22.2 Å². The smallest absolute Gasteiger partial charge is 0.125 e. The minimum Gasteiger partial charge on any atom is -0.396 e. The Morgan fingerprint density at radius 1 is 1.19 bits per heavy atom. The lowest BCUT2D eigenvalue weighted by molar-refractivity contribution is 0.116. The van der Waals surface area contributed by atoms with Crippen molar-refractivity contribution in [1.82, 2.24) is 9.88 Å². The van der Waals surface area contributed by atoms with Crippen molar-refractivity contribution in [3.8, 4) is 11.3 Å². The van der Waals surface area contributed by atoms with Crippen LogP contribution >= 0.6 is 11.6 Å². The second-order valence-electron chi connectivity index (χ2n) is 7.27. The number of aromatic nitrogens is 1. The van der Waals surface area contributed by atoms with E-state index in [-0.39, 0.29) is 12.4 Å². The van der Waals surface area contributed by atoms with Gasteiger partial charge in [0.2, 0.25) is 0 Å². The van der Waals surface area contributed by atoms with Crippen LogP contribution in [0.15, 0.2) is 48.5 Å². The predicted molar refractivity (Wildman–Crippen MR) is 107 cm³/mol. The van der Waals surface area contributed by atoms with E-state index in [9.17, 15) is 9.50 Å². The van der Waals surface area contributed by atoms with Crippen molar-refractivity contribution in [3.05, 3.63) is 64.9 Å². The van der Waals surface area contributed by atoms with E-state index in [1.807, 2.05) is 24.3 Å². The summed E-state index contributed by atoms with van der Waals surface area (Å²) < 4.78 is 13.7. The zero-order valence-electron chi connectivity index (χ0n) is 15.0. The minimum atomic E-state index is -0.290. The molecule has 1 saturated heterocycles. The summed E-state index contributed by atoms with van der Waals surface area (Å²) >= 11 is 6.19. The maximum Gasteiger partial charge on any atom is 0.125 e. The maximum absolute atomic E-state index is 13.7. The Hall–Kier alpha value is -2.01. The number of fused-ring (bicyclic) bond motifs is 1. The molecule has 2 heterocycles. The van der Waals surface area contributed by atoms with Gasteiger partial charge >= 0.3 is 0 Å². The summed E-state index contributed by atoms with van der Waals surface area (Å²) in [6.45, 7) is 2.87. The Labute approximate surface area is 163 Å². The van der Waals surface area contributed by atoms with Gasteiger partial charge in [-0.25, -0.2) is 9.37 Å². The van der Waals surface area contributed by atoms with Crippen molar-refractivity contribution >= 4 is 22.5 Å². The van der Waals surface area contributed by atoms with Gasteiger partial charge in [-0.2, -0.15) is 0 Å². The normalized spacial score (nSPS) is 18.1. The van der Waals surface area contributed by atoms with E-state index in [1.165, 1.54) is 12.1 Å². The first-order valence-corrected chi connectivity index (χ1v) is 9.68. The third kappa shape index (κ3) is 4.13. The summed E-state index contributed by atoms with van der Waals surface area (Å²) in [7, 11) is 0. The fourth-order valence-corrected chi connectivity index (χ4v) is 4.07. The number of piperidine rings is 1. The van der Waals surface area contributed by atoms with Crippen LogP contribution in [0.3, 0.4) is 0 Å². The van der Waals surface area contributed by atoms with Crippen molar-refractivity contribution in [2.24, 2.45) is 5.92 Å². The van der Waals surface area contributed by atoms with E-state index in [0.717, 1.165) is 54.7 Å². The van der Waals surface area contributed by atoms with Crippen LogP contribution in [0.1, 0.15) is 18.4 Å². The number of likely N-dealkylation sites (tertiary alicyclic amines) is 1. The Morgan fingerprint density at radius 3 is 2.89 bits per heavy atom. The zero-order chi connectivity index (χ0) is 18.8. The van der Waals surface area contributed by atoms with Crippen molar-refractivity contribution < 1.29 is 9.50 Å². The van der Waals surface area contributed by atoms with Gasteiger partial charge in [-0.3, -0.25) is 4.90 Å². The van der Waals surface area contributed by atoms with Gasteiger partial charge in [0.25, 0.3) is 0 Å². The molecular weight excluding hydrogens is 363 g/mol. The standard InChI is InChI=1S/C22H22ClFN2O/c23-19-5-1-4-17(10-19)22-18(13-26-8-2-3-15(12-26)14-27)9-16-6-7-20(24)11-21(16)25-22/h1,4-7,9-11,15,27H,2-3,8,12-14H2. The van der Waals surface area contributed by atoms with Gasteiger partial charge in [0.1, 0.15) is 5.82 Å². The number of pyridine rings is 1. The van der Waals surface area contributed by atoms with Crippen molar-refractivity contribution in [1.29, 1.82) is 0 Å². The molecule has 1 aromatic heterocycles. The van der Waals surface area contributed by atoms with Gasteiger partial charge in [0, 0.05) is 41.7 Å². The first-order chi connectivity index (χ1) is 13.1. The van der Waals surface area contributed by atoms with Crippen molar-refractivity contribution in [3.63, 3.8) is 0 Å². The molecule has 4 rings (SSSR count). The molecule has 1 fully saturated rings. The van der Waals surface area contributed by atoms with Gasteiger partial charge in [-0.05, 0) is 61.2 Å². The third-order valence-corrected chi connectivity index (χ3v) is 5.45. The van der Waals surface area contributed by atoms with Crippen LogP contribution in [0, 0.1) is 11.7 Å². The molecule has 3 nitrogen and oxygen atoms in total. The number of halogens is 2. The van der Waals surface area contributed by atoms with Crippen molar-refractivity contribution in [2.75, 3.05) is 19.7 Å². The van der Waals surface area contributed by atoms with Crippen LogP contribution in [0.4, 0.5) is 4.39 Å². The molecule has 3 aromatic rings. The molecule has 1 aliphatic rings. The summed E-state index contributed by atoms with van der Waals surface area (Å²) in [5, 5.41) is 11.1. The van der Waals surface area contributed by atoms with E-state index >= 15 is 0 Å². The quantitative estimate of drug-likeness (QED) is 0.695. The molecule has 140 valence electrons. The highest BCUT2D eigenvalue weighted by Crippen LogP contribution is 2.30. The molecule has 0 bridgehead atoms. The van der Waals surface area contributed by atoms with E-state index in [1.54, 1.807) is 6.07 Å². The topological polar surface area (TPSA) is 36.4 Å². The van der Waals surface area contributed by atoms with Gasteiger partial charge in [-0.15, -0.1) is 0 Å². The molecule has 0 saturated carbocycles. The molecule has 27 heavy (non-hydrogen) atoms. The lowest BCUT2D eigenvalue weighted by Crippen LogP contribution is -2.36. The summed E-state index contributed by atoms with van der Waals surface area (Å²) in [5.41, 5.74) is 3.50. The minimum absolute atomic E-state index is 0.229. The SMILES string of the molecule is OCC1CCCN(Cc2cc3ccc(F)cc3nc2-c2cccc(Cl)c2)C1. The van der Waals surface area contributed by atoms with E-state index in [0.29, 0.717) is 16.5 Å². The molecule has 1 aliphatic heterocycles. The van der Waals surface area contributed by atoms with Crippen LogP contribution in [0.5, 0.6) is 0 Å². The zero-order valence-corrected chi connectivity index (χ0v) is 15.8. The average Bonchev–Trinajstić information content (AvgIpc) is 2.68. The summed E-state index contributed by atoms with van der Waals surface area (Å²) in [6.07, 6.45) is 2.16. The van der Waals surface area contributed by atoms with Gasteiger partial charge in [-0.1, -0.05) is 23.7 Å². The van der Waals surface area contributed by atoms with E-state index < -0.39 is 0 Å². The summed E-state index contributed by atoms with van der Waals surface area (Å²) in [6, 6.07) is 14.4. The highest BCUT2D eigenvalue weighted by molar-refractivity contribution is 6.30. The van der Waals surface area contributed by atoms with Gasteiger partial charge in [0.15, 0.2) is 0 Å². The molecular formula is C22H22ClFN2O. The van der Waals surface area contributed by atoms with Gasteiger partial charge < -0.3 is 5.11 Å². The molecule has 0 amide bonds. The van der Waals surface area contributed by atoms with Crippen LogP contribution in [-0.4, -0.2) is 34.7 Å². The average molecular weight is 385 g/mol. The molecule has 0 spiro atoms. The lowest BCUT2D eigenvalue weighted by Gasteiger charge is -2.32. The second-order valence-corrected chi connectivity index (χ2v) is 7.71. The first-order valence-electron chi connectivity index (χ1n) is 9.31. The number of rotatable bonds is 4. The van der Waals surface area contributed by atoms with Crippen LogP contribution < -0.4 is 0 Å².